The average Bonchev–Trinajstić information content (AvgIpc) is 3.50. The number of hydrogen-bond acceptors (Lipinski definition) is 3. The molecule has 6 nitrogen and oxygen atoms in total. The molecule has 0 aliphatic carbocycles. The van der Waals surface area contributed by atoms with Gasteiger partial charge in [0.2, 0.25) is 5.91 Å². The maximum atomic E-state index is 12.2. The number of carbonyl (C=O) groups excluding carboxylic acids is 1. The van der Waals surface area contributed by atoms with Crippen molar-refractivity contribution in [2.24, 2.45) is 5.92 Å². The first kappa shape index (κ1) is 25.3. The number of amides is 1. The molecule has 1 fully saturated rings. The molecule has 2 aromatic carbocycles. The van der Waals surface area contributed by atoms with Gasteiger partial charge in [0.15, 0.2) is 5.11 Å². The van der Waals surface area contributed by atoms with Gasteiger partial charge in [0.05, 0.1) is 22.4 Å². The van der Waals surface area contributed by atoms with Gasteiger partial charge in [-0.1, -0.05) is 49.2 Å². The molecule has 2 aromatic heterocycles. The van der Waals surface area contributed by atoms with E-state index in [1.165, 1.54) is 0 Å². The highest BCUT2D eigenvalue weighted by molar-refractivity contribution is 7.80. The lowest BCUT2D eigenvalue weighted by molar-refractivity contribution is -0.118. The van der Waals surface area contributed by atoms with Crippen LogP contribution >= 0.6 is 35.4 Å². The molecule has 37 heavy (non-hydrogen) atoms. The Morgan fingerprint density at radius 3 is 2.57 bits per heavy atom. The first-order valence-corrected chi connectivity index (χ1v) is 13.0. The van der Waals surface area contributed by atoms with E-state index in [9.17, 15) is 4.79 Å². The third-order valence-electron chi connectivity index (χ3n) is 6.28. The quantitative estimate of drug-likeness (QED) is 0.255. The molecule has 0 saturated carbocycles. The zero-order valence-electron chi connectivity index (χ0n) is 20.2. The van der Waals surface area contributed by atoms with Crippen LogP contribution in [-0.2, 0) is 4.79 Å². The van der Waals surface area contributed by atoms with Crippen molar-refractivity contribution in [3.8, 4) is 5.69 Å². The second kappa shape index (κ2) is 10.5. The Morgan fingerprint density at radius 2 is 1.86 bits per heavy atom. The van der Waals surface area contributed by atoms with Crippen LogP contribution in [-0.4, -0.2) is 20.6 Å². The van der Waals surface area contributed by atoms with Crippen molar-refractivity contribution >= 4 is 57.8 Å². The molecule has 4 aromatic rings. The Bertz CT molecular complexity index is 1460. The summed E-state index contributed by atoms with van der Waals surface area (Å²) in [5.74, 6) is -0.255. The van der Waals surface area contributed by atoms with E-state index < -0.39 is 0 Å². The van der Waals surface area contributed by atoms with Crippen LogP contribution in [0.5, 0.6) is 0 Å². The first-order valence-electron chi connectivity index (χ1n) is 11.9. The highest BCUT2D eigenvalue weighted by Gasteiger charge is 2.42. The summed E-state index contributed by atoms with van der Waals surface area (Å²) in [6.45, 7) is 3.67. The molecular weight excluding hydrogens is 525 g/mol. The molecule has 1 aliphatic rings. The normalized spacial score (nSPS) is 17.2. The van der Waals surface area contributed by atoms with E-state index in [1.807, 2.05) is 91.7 Å². The molecule has 2 N–H and O–H groups in total. The summed E-state index contributed by atoms with van der Waals surface area (Å²) in [6, 6.07) is 22.7. The van der Waals surface area contributed by atoms with Crippen molar-refractivity contribution in [3.05, 3.63) is 107 Å². The lowest BCUT2D eigenvalue weighted by Gasteiger charge is -2.29. The molecule has 3 heterocycles. The minimum absolute atomic E-state index is 0.0968. The zero-order chi connectivity index (χ0) is 26.1. The molecule has 0 spiro atoms. The number of pyridine rings is 1. The Balaban J connectivity index is 1.60. The summed E-state index contributed by atoms with van der Waals surface area (Å²) in [7, 11) is 0. The fraction of sp³-hybridized carbons (Fsp3) is 0.179. The van der Waals surface area contributed by atoms with Gasteiger partial charge < -0.3 is 20.1 Å². The van der Waals surface area contributed by atoms with E-state index in [0.717, 1.165) is 22.8 Å². The smallest absolute Gasteiger partial charge is 0.226 e. The fourth-order valence-corrected chi connectivity index (χ4v) is 5.21. The molecule has 0 unspecified atom stereocenters. The fourth-order valence-electron chi connectivity index (χ4n) is 4.46. The van der Waals surface area contributed by atoms with Gasteiger partial charge in [-0.05, 0) is 72.9 Å². The number of carbonyl (C=O) groups is 1. The topological polar surface area (TPSA) is 62.2 Å². The standard InChI is InChI=1S/C28H25Cl2N5OS/c1-17(2)27(36)32-22-12-11-20(16-21(22)30)35-26(25(33-28(35)37)23-9-3-4-13-31-23)24-10-6-14-34(24)19-8-5-7-18(29)15-19/h3-17,25-26H,1-2H3,(H,32,36)(H,33,37)/t25-,26+/m0/s1. The second-order valence-electron chi connectivity index (χ2n) is 9.09. The van der Waals surface area contributed by atoms with Crippen molar-refractivity contribution in [2.45, 2.75) is 25.9 Å². The molecular formula is C28H25Cl2N5OS. The number of nitrogens with one attached hydrogen (secondary N) is 2. The highest BCUT2D eigenvalue weighted by atomic mass is 35.5. The molecule has 9 heteroatoms. The predicted octanol–water partition coefficient (Wildman–Crippen LogP) is 6.95. The Hall–Kier alpha value is -3.39. The van der Waals surface area contributed by atoms with Crippen molar-refractivity contribution in [1.82, 2.24) is 14.9 Å². The molecule has 0 bridgehead atoms. The molecule has 0 radical (unpaired) electrons. The van der Waals surface area contributed by atoms with Gasteiger partial charge >= 0.3 is 0 Å². The van der Waals surface area contributed by atoms with Gasteiger partial charge in [0, 0.05) is 40.4 Å². The van der Waals surface area contributed by atoms with Gasteiger partial charge in [-0.2, -0.15) is 0 Å². The minimum atomic E-state index is -0.247. The lowest BCUT2D eigenvalue weighted by atomic mass is 10.0. The molecule has 1 amide bonds. The van der Waals surface area contributed by atoms with Crippen LogP contribution in [0.3, 0.4) is 0 Å². The van der Waals surface area contributed by atoms with Crippen LogP contribution in [0.15, 0.2) is 85.2 Å². The van der Waals surface area contributed by atoms with Gasteiger partial charge in [-0.25, -0.2) is 0 Å². The van der Waals surface area contributed by atoms with E-state index in [2.05, 4.69) is 26.3 Å². The molecule has 2 atom stereocenters. The van der Waals surface area contributed by atoms with Crippen LogP contribution in [0.4, 0.5) is 11.4 Å². The summed E-state index contributed by atoms with van der Waals surface area (Å²) < 4.78 is 2.11. The summed E-state index contributed by atoms with van der Waals surface area (Å²) in [6.07, 6.45) is 3.78. The van der Waals surface area contributed by atoms with E-state index in [-0.39, 0.29) is 23.9 Å². The number of hydrogen-bond donors (Lipinski definition) is 2. The number of benzene rings is 2. The van der Waals surface area contributed by atoms with E-state index in [0.29, 0.717) is 20.8 Å². The lowest BCUT2D eigenvalue weighted by Crippen LogP contribution is -2.30. The zero-order valence-corrected chi connectivity index (χ0v) is 22.6. The maximum absolute atomic E-state index is 12.2. The van der Waals surface area contributed by atoms with Crippen molar-refractivity contribution in [1.29, 1.82) is 0 Å². The van der Waals surface area contributed by atoms with Gasteiger partial charge in [0.1, 0.15) is 6.04 Å². The maximum Gasteiger partial charge on any atom is 0.226 e. The molecule has 188 valence electrons. The molecule has 5 rings (SSSR count). The monoisotopic (exact) mass is 549 g/mol. The summed E-state index contributed by atoms with van der Waals surface area (Å²) >= 11 is 18.8. The van der Waals surface area contributed by atoms with E-state index >= 15 is 0 Å². The number of aromatic nitrogens is 2. The van der Waals surface area contributed by atoms with Gasteiger partial charge in [0.25, 0.3) is 0 Å². The Labute approximate surface area is 231 Å². The largest absolute Gasteiger partial charge is 0.351 e. The van der Waals surface area contributed by atoms with Crippen LogP contribution in [0.1, 0.15) is 37.3 Å². The highest BCUT2D eigenvalue weighted by Crippen LogP contribution is 2.43. The number of rotatable bonds is 6. The third-order valence-corrected chi connectivity index (χ3v) is 7.14. The van der Waals surface area contributed by atoms with Crippen molar-refractivity contribution in [3.63, 3.8) is 0 Å². The third kappa shape index (κ3) is 5.07. The van der Waals surface area contributed by atoms with Crippen molar-refractivity contribution in [2.75, 3.05) is 10.2 Å². The summed E-state index contributed by atoms with van der Waals surface area (Å²) in [5, 5.41) is 7.99. The van der Waals surface area contributed by atoms with Crippen LogP contribution in [0.2, 0.25) is 10.0 Å². The molecule has 1 saturated heterocycles. The number of anilines is 2. The van der Waals surface area contributed by atoms with Crippen LogP contribution in [0, 0.1) is 5.92 Å². The SMILES string of the molecule is CC(C)C(=O)Nc1ccc(N2C(=S)N[C@@H](c3ccccn3)[C@H]2c2cccn2-c2cccc(Cl)c2)cc1Cl. The second-order valence-corrected chi connectivity index (χ2v) is 10.3. The summed E-state index contributed by atoms with van der Waals surface area (Å²) in [5.41, 5.74) is 4.16. The number of halogens is 2. The number of nitrogens with zero attached hydrogens (tertiary/aromatic N) is 3. The summed E-state index contributed by atoms with van der Waals surface area (Å²) in [4.78, 5) is 18.9. The molecule has 1 aliphatic heterocycles. The first-order chi connectivity index (χ1) is 17.8. The van der Waals surface area contributed by atoms with Crippen LogP contribution < -0.4 is 15.5 Å². The van der Waals surface area contributed by atoms with E-state index in [1.54, 1.807) is 6.20 Å². The van der Waals surface area contributed by atoms with Gasteiger partial charge in [-0.3, -0.25) is 9.78 Å². The number of thiocarbonyl (C=S) groups is 1. The van der Waals surface area contributed by atoms with Crippen LogP contribution in [0.25, 0.3) is 5.69 Å². The van der Waals surface area contributed by atoms with Crippen molar-refractivity contribution < 1.29 is 4.79 Å². The van der Waals surface area contributed by atoms with E-state index in [4.69, 9.17) is 35.4 Å². The van der Waals surface area contributed by atoms with Gasteiger partial charge in [-0.15, -0.1) is 0 Å². The Kier molecular flexibility index (Phi) is 7.20. The average molecular weight is 551 g/mol. The Morgan fingerprint density at radius 1 is 1.03 bits per heavy atom. The minimum Gasteiger partial charge on any atom is -0.351 e. The predicted molar refractivity (Wildman–Crippen MR) is 154 cm³/mol.